The molecule has 0 fully saturated rings. The van der Waals surface area contributed by atoms with Crippen molar-refractivity contribution < 1.29 is 9.90 Å². The zero-order valence-electron chi connectivity index (χ0n) is 15.1. The second-order valence-corrected chi connectivity index (χ2v) is 6.46. The smallest absolute Gasteiger partial charge is 0.222 e. The molecule has 0 aliphatic rings. The summed E-state index contributed by atoms with van der Waals surface area (Å²) in [5.74, 6) is 0.0340. The zero-order chi connectivity index (χ0) is 18.2. The van der Waals surface area contributed by atoms with Gasteiger partial charge in [-0.3, -0.25) is 4.79 Å². The Morgan fingerprint density at radius 2 is 1.72 bits per heavy atom. The average molecular weight is 340 g/mol. The lowest BCUT2D eigenvalue weighted by molar-refractivity contribution is -0.133. The summed E-state index contributed by atoms with van der Waals surface area (Å²) >= 11 is 0. The van der Waals surface area contributed by atoms with Crippen LogP contribution < -0.4 is 5.73 Å². The minimum Gasteiger partial charge on any atom is -0.386 e. The summed E-state index contributed by atoms with van der Waals surface area (Å²) in [5, 5.41) is 10.5. The van der Waals surface area contributed by atoms with Gasteiger partial charge in [-0.15, -0.1) is 0 Å². The van der Waals surface area contributed by atoms with E-state index in [9.17, 15) is 9.90 Å². The predicted octanol–water partition coefficient (Wildman–Crippen LogP) is 2.70. The van der Waals surface area contributed by atoms with Gasteiger partial charge in [-0.1, -0.05) is 54.6 Å². The Hall–Kier alpha value is -2.17. The largest absolute Gasteiger partial charge is 0.386 e. The zero-order valence-corrected chi connectivity index (χ0v) is 15.1. The molecule has 4 heteroatoms. The third-order valence-electron chi connectivity index (χ3n) is 4.65. The van der Waals surface area contributed by atoms with Gasteiger partial charge in [0.25, 0.3) is 0 Å². The van der Waals surface area contributed by atoms with Gasteiger partial charge in [0.2, 0.25) is 5.91 Å². The van der Waals surface area contributed by atoms with E-state index in [-0.39, 0.29) is 11.9 Å². The first-order valence-corrected chi connectivity index (χ1v) is 8.79. The number of aryl methyl sites for hydroxylation is 1. The van der Waals surface area contributed by atoms with E-state index < -0.39 is 6.10 Å². The summed E-state index contributed by atoms with van der Waals surface area (Å²) in [6, 6.07) is 17.4. The molecule has 0 radical (unpaired) electrons. The van der Waals surface area contributed by atoms with E-state index in [4.69, 9.17) is 5.73 Å². The van der Waals surface area contributed by atoms with Crippen LogP contribution in [0.2, 0.25) is 0 Å². The van der Waals surface area contributed by atoms with E-state index in [1.54, 1.807) is 11.9 Å². The molecule has 3 N–H and O–H groups in total. The number of aliphatic hydroxyl groups excluding tert-OH is 1. The van der Waals surface area contributed by atoms with Crippen molar-refractivity contribution in [1.29, 1.82) is 0 Å². The molecule has 0 bridgehead atoms. The summed E-state index contributed by atoms with van der Waals surface area (Å²) < 4.78 is 0. The normalized spacial score (nSPS) is 13.3. The minimum atomic E-state index is -0.692. The highest BCUT2D eigenvalue weighted by atomic mass is 16.3. The van der Waals surface area contributed by atoms with Crippen molar-refractivity contribution in [3.63, 3.8) is 0 Å². The van der Waals surface area contributed by atoms with E-state index in [1.165, 1.54) is 5.56 Å². The molecule has 2 rings (SSSR count). The molecule has 0 aromatic heterocycles. The Labute approximate surface area is 150 Å². The molecule has 0 spiro atoms. The lowest BCUT2D eigenvalue weighted by Crippen LogP contribution is -2.39. The first kappa shape index (κ1) is 19.2. The third kappa shape index (κ3) is 5.41. The van der Waals surface area contributed by atoms with Crippen molar-refractivity contribution >= 4 is 5.91 Å². The molecule has 0 unspecified atom stereocenters. The fourth-order valence-electron chi connectivity index (χ4n) is 2.90. The van der Waals surface area contributed by atoms with Crippen LogP contribution in [-0.2, 0) is 17.6 Å². The maximum Gasteiger partial charge on any atom is 0.222 e. The summed E-state index contributed by atoms with van der Waals surface area (Å²) in [4.78, 5) is 14.1. The molecule has 2 atom stereocenters. The van der Waals surface area contributed by atoms with Gasteiger partial charge in [0.05, 0.1) is 12.1 Å². The van der Waals surface area contributed by atoms with Crippen molar-refractivity contribution in [2.24, 2.45) is 5.73 Å². The molecule has 134 valence electrons. The molecule has 1 amide bonds. The van der Waals surface area contributed by atoms with Crippen LogP contribution in [0.15, 0.2) is 54.6 Å². The fourth-order valence-corrected chi connectivity index (χ4v) is 2.90. The summed E-state index contributed by atoms with van der Waals surface area (Å²) in [6.45, 7) is 2.50. The van der Waals surface area contributed by atoms with E-state index in [1.807, 2.05) is 49.4 Å². The topological polar surface area (TPSA) is 66.6 Å². The number of hydrogen-bond acceptors (Lipinski definition) is 3. The van der Waals surface area contributed by atoms with Crippen LogP contribution in [-0.4, -0.2) is 35.5 Å². The number of amides is 1. The number of aliphatic hydroxyl groups is 1. The quantitative estimate of drug-likeness (QED) is 0.776. The Balaban J connectivity index is 1.92. The van der Waals surface area contributed by atoms with Crippen molar-refractivity contribution in [2.45, 2.75) is 38.3 Å². The highest BCUT2D eigenvalue weighted by Gasteiger charge is 2.23. The van der Waals surface area contributed by atoms with Crippen LogP contribution in [0, 0.1) is 0 Å². The molecule has 2 aromatic carbocycles. The number of likely N-dealkylation sites (N-methyl/N-ethyl adjacent to an activating group) is 1. The second kappa shape index (κ2) is 9.35. The standard InChI is InChI=1S/C21H28N2O2/c1-16(21(25)19-9-4-3-5-10-19)23(2)20(24)12-11-17-7-6-8-18(15-17)13-14-22/h3-10,15-16,21,25H,11-14,22H2,1-2H3/t16-,21-/m1/s1. The number of rotatable bonds is 8. The van der Waals surface area contributed by atoms with Crippen molar-refractivity contribution in [3.05, 3.63) is 71.3 Å². The van der Waals surface area contributed by atoms with Crippen LogP contribution in [0.5, 0.6) is 0 Å². The maximum atomic E-state index is 12.5. The molecule has 0 aliphatic carbocycles. The van der Waals surface area contributed by atoms with Gasteiger partial charge in [-0.2, -0.15) is 0 Å². The SMILES string of the molecule is C[C@H]([C@@H](O)c1ccccc1)N(C)C(=O)CCc1cccc(CCN)c1. The summed E-state index contributed by atoms with van der Waals surface area (Å²) in [7, 11) is 1.75. The third-order valence-corrected chi connectivity index (χ3v) is 4.65. The highest BCUT2D eigenvalue weighted by Crippen LogP contribution is 2.20. The molecule has 25 heavy (non-hydrogen) atoms. The number of nitrogens with two attached hydrogens (primary N) is 1. The van der Waals surface area contributed by atoms with Gasteiger partial charge in [0.15, 0.2) is 0 Å². The van der Waals surface area contributed by atoms with Crippen molar-refractivity contribution in [3.8, 4) is 0 Å². The first-order valence-electron chi connectivity index (χ1n) is 8.79. The van der Waals surface area contributed by atoms with Crippen LogP contribution in [0.3, 0.4) is 0 Å². The molecule has 0 saturated carbocycles. The second-order valence-electron chi connectivity index (χ2n) is 6.46. The van der Waals surface area contributed by atoms with Gasteiger partial charge in [-0.25, -0.2) is 0 Å². The first-order chi connectivity index (χ1) is 12.0. The highest BCUT2D eigenvalue weighted by molar-refractivity contribution is 5.76. The Morgan fingerprint density at radius 3 is 2.36 bits per heavy atom. The van der Waals surface area contributed by atoms with E-state index in [2.05, 4.69) is 12.1 Å². The van der Waals surface area contributed by atoms with Crippen LogP contribution >= 0.6 is 0 Å². The lowest BCUT2D eigenvalue weighted by Gasteiger charge is -2.29. The lowest BCUT2D eigenvalue weighted by atomic mass is 10.0. The number of nitrogens with zero attached hydrogens (tertiary/aromatic N) is 1. The van der Waals surface area contributed by atoms with Crippen molar-refractivity contribution in [1.82, 2.24) is 4.90 Å². The number of hydrogen-bond donors (Lipinski definition) is 2. The van der Waals surface area contributed by atoms with Crippen LogP contribution in [0.25, 0.3) is 0 Å². The summed E-state index contributed by atoms with van der Waals surface area (Å²) in [5.41, 5.74) is 8.77. The van der Waals surface area contributed by atoms with E-state index in [0.717, 1.165) is 17.5 Å². The molecule has 2 aromatic rings. The molecule has 4 nitrogen and oxygen atoms in total. The van der Waals surface area contributed by atoms with E-state index in [0.29, 0.717) is 19.4 Å². The Kier molecular flexibility index (Phi) is 7.16. The fraction of sp³-hybridized carbons (Fsp3) is 0.381. The molecule has 0 saturated heterocycles. The van der Waals surface area contributed by atoms with Gasteiger partial charge >= 0.3 is 0 Å². The Bertz CT molecular complexity index is 673. The Morgan fingerprint density at radius 1 is 1.08 bits per heavy atom. The molecule has 0 aliphatic heterocycles. The van der Waals surface area contributed by atoms with Crippen LogP contribution in [0.4, 0.5) is 0 Å². The molecular weight excluding hydrogens is 312 g/mol. The monoisotopic (exact) mass is 340 g/mol. The van der Waals surface area contributed by atoms with Crippen molar-refractivity contribution in [2.75, 3.05) is 13.6 Å². The maximum absolute atomic E-state index is 12.5. The van der Waals surface area contributed by atoms with E-state index >= 15 is 0 Å². The molecular formula is C21H28N2O2. The summed E-state index contributed by atoms with van der Waals surface area (Å²) in [6.07, 6.45) is 1.27. The number of carbonyl (C=O) groups excluding carboxylic acids is 1. The predicted molar refractivity (Wildman–Crippen MR) is 101 cm³/mol. The van der Waals surface area contributed by atoms with Gasteiger partial charge in [-0.05, 0) is 43.0 Å². The number of carbonyl (C=O) groups is 1. The van der Waals surface area contributed by atoms with Gasteiger partial charge in [0, 0.05) is 13.5 Å². The van der Waals surface area contributed by atoms with Gasteiger partial charge < -0.3 is 15.7 Å². The van der Waals surface area contributed by atoms with Gasteiger partial charge in [0.1, 0.15) is 0 Å². The average Bonchev–Trinajstić information content (AvgIpc) is 2.65. The minimum absolute atomic E-state index is 0.0340. The van der Waals surface area contributed by atoms with Crippen LogP contribution in [0.1, 0.15) is 36.1 Å². The number of benzene rings is 2. The molecule has 0 heterocycles.